The molecule has 30 heavy (non-hydrogen) atoms. The first-order chi connectivity index (χ1) is 14.3. The number of aryl methyl sites for hydroxylation is 1. The fourth-order valence-electron chi connectivity index (χ4n) is 3.79. The Hall–Kier alpha value is -2.74. The third kappa shape index (κ3) is 4.23. The van der Waals surface area contributed by atoms with Gasteiger partial charge in [-0.1, -0.05) is 24.3 Å². The number of anilines is 1. The summed E-state index contributed by atoms with van der Waals surface area (Å²) in [6.45, 7) is 1.56. The topological polar surface area (TPSA) is 84.9 Å². The molecular formula is C22H28N2O5S. The molecule has 0 unspecified atom stereocenters. The van der Waals surface area contributed by atoms with E-state index in [9.17, 15) is 13.2 Å². The average Bonchev–Trinajstić information content (AvgIpc) is 2.77. The Morgan fingerprint density at radius 2 is 1.83 bits per heavy atom. The summed E-state index contributed by atoms with van der Waals surface area (Å²) in [4.78, 5) is 13.3. The van der Waals surface area contributed by atoms with Crippen LogP contribution in [0.25, 0.3) is 0 Å². The lowest BCUT2D eigenvalue weighted by molar-refractivity contribution is 0.0933. The number of carbonyl (C=O) groups excluding carboxylic acids is 1. The van der Waals surface area contributed by atoms with Crippen molar-refractivity contribution in [2.75, 3.05) is 31.3 Å². The van der Waals surface area contributed by atoms with Crippen LogP contribution < -0.4 is 19.1 Å². The minimum Gasteiger partial charge on any atom is -0.493 e. The summed E-state index contributed by atoms with van der Waals surface area (Å²) >= 11 is 0. The summed E-state index contributed by atoms with van der Waals surface area (Å²) in [5.41, 5.74) is 2.80. The van der Waals surface area contributed by atoms with E-state index in [1.807, 2.05) is 18.2 Å². The van der Waals surface area contributed by atoms with E-state index in [2.05, 4.69) is 11.4 Å². The van der Waals surface area contributed by atoms with Crippen LogP contribution in [0.3, 0.4) is 0 Å². The molecule has 0 heterocycles. The van der Waals surface area contributed by atoms with Crippen molar-refractivity contribution in [3.8, 4) is 11.5 Å². The maximum Gasteiger partial charge on any atom is 0.254 e. The molecule has 7 nitrogen and oxygen atoms in total. The monoisotopic (exact) mass is 432 g/mol. The van der Waals surface area contributed by atoms with E-state index in [1.54, 1.807) is 6.92 Å². The number of sulfonamides is 1. The van der Waals surface area contributed by atoms with Crippen molar-refractivity contribution in [3.05, 3.63) is 53.1 Å². The number of hydrogen-bond donors (Lipinski definition) is 1. The van der Waals surface area contributed by atoms with E-state index in [4.69, 9.17) is 9.47 Å². The van der Waals surface area contributed by atoms with E-state index in [0.717, 1.165) is 29.1 Å². The van der Waals surface area contributed by atoms with Gasteiger partial charge in [0.25, 0.3) is 5.91 Å². The minimum atomic E-state index is -3.58. The second kappa shape index (κ2) is 8.95. The molecule has 2 aromatic rings. The molecular weight excluding hydrogens is 404 g/mol. The predicted molar refractivity (Wildman–Crippen MR) is 117 cm³/mol. The molecule has 0 saturated carbocycles. The lowest BCUT2D eigenvalue weighted by Gasteiger charge is -2.28. The molecule has 0 saturated heterocycles. The van der Waals surface area contributed by atoms with Gasteiger partial charge in [-0.05, 0) is 43.4 Å². The molecule has 1 amide bonds. The summed E-state index contributed by atoms with van der Waals surface area (Å²) in [5.74, 6) is 0.267. The Kier molecular flexibility index (Phi) is 6.55. The zero-order valence-corrected chi connectivity index (χ0v) is 18.6. The van der Waals surface area contributed by atoms with E-state index in [-0.39, 0.29) is 29.0 Å². The first-order valence-electron chi connectivity index (χ1n) is 9.93. The lowest BCUT2D eigenvalue weighted by atomic mass is 9.87. The maximum absolute atomic E-state index is 13.3. The molecule has 8 heteroatoms. The van der Waals surface area contributed by atoms with Crippen molar-refractivity contribution in [3.63, 3.8) is 0 Å². The zero-order chi connectivity index (χ0) is 21.9. The Balaban J connectivity index is 2.02. The molecule has 0 fully saturated rings. The van der Waals surface area contributed by atoms with Gasteiger partial charge in [0.1, 0.15) is 0 Å². The van der Waals surface area contributed by atoms with Gasteiger partial charge < -0.3 is 14.8 Å². The van der Waals surface area contributed by atoms with Gasteiger partial charge in [-0.3, -0.25) is 9.10 Å². The Labute approximate surface area is 178 Å². The number of nitrogens with zero attached hydrogens (tertiary/aromatic N) is 1. The molecule has 1 aliphatic rings. The van der Waals surface area contributed by atoms with Crippen LogP contribution in [0.4, 0.5) is 5.69 Å². The minimum absolute atomic E-state index is 0.0884. The fraction of sp³-hybridized carbons (Fsp3) is 0.409. The highest BCUT2D eigenvalue weighted by atomic mass is 32.2. The number of hydrogen-bond acceptors (Lipinski definition) is 5. The van der Waals surface area contributed by atoms with Crippen molar-refractivity contribution in [1.29, 1.82) is 0 Å². The quantitative estimate of drug-likeness (QED) is 0.726. The number of ether oxygens (including phenoxy) is 2. The van der Waals surface area contributed by atoms with Gasteiger partial charge in [-0.2, -0.15) is 0 Å². The zero-order valence-electron chi connectivity index (χ0n) is 17.8. The summed E-state index contributed by atoms with van der Waals surface area (Å²) in [6, 6.07) is 11.0. The van der Waals surface area contributed by atoms with Crippen LogP contribution in [0.1, 0.15) is 47.3 Å². The summed E-state index contributed by atoms with van der Waals surface area (Å²) in [7, 11) is 0.803. The van der Waals surface area contributed by atoms with Gasteiger partial charge in [-0.25, -0.2) is 8.42 Å². The number of methoxy groups -OCH3 is 2. The third-order valence-corrected chi connectivity index (χ3v) is 7.30. The summed E-state index contributed by atoms with van der Waals surface area (Å²) in [5, 5.41) is 3.09. The van der Waals surface area contributed by atoms with Crippen LogP contribution in [0.2, 0.25) is 0 Å². The van der Waals surface area contributed by atoms with Gasteiger partial charge in [0.15, 0.2) is 11.5 Å². The molecule has 0 aromatic heterocycles. The molecule has 162 valence electrons. The van der Waals surface area contributed by atoms with Gasteiger partial charge in [0.05, 0.1) is 37.3 Å². The Bertz CT molecular complexity index is 1040. The highest BCUT2D eigenvalue weighted by molar-refractivity contribution is 7.92. The predicted octanol–water partition coefficient (Wildman–Crippen LogP) is 3.30. The number of fused-ring (bicyclic) bond motifs is 1. The van der Waals surface area contributed by atoms with E-state index in [1.165, 1.54) is 39.0 Å². The molecule has 2 aromatic carbocycles. The highest BCUT2D eigenvalue weighted by Crippen LogP contribution is 2.37. The van der Waals surface area contributed by atoms with Crippen molar-refractivity contribution < 1.29 is 22.7 Å². The normalized spacial score (nSPS) is 15.8. The van der Waals surface area contributed by atoms with E-state index < -0.39 is 10.0 Å². The van der Waals surface area contributed by atoms with Crippen molar-refractivity contribution >= 4 is 21.6 Å². The van der Waals surface area contributed by atoms with E-state index in [0.29, 0.717) is 11.5 Å². The highest BCUT2D eigenvalue weighted by Gasteiger charge is 2.27. The van der Waals surface area contributed by atoms with Crippen LogP contribution in [0.5, 0.6) is 11.5 Å². The maximum atomic E-state index is 13.3. The van der Waals surface area contributed by atoms with Gasteiger partial charge in [0.2, 0.25) is 10.0 Å². The molecule has 0 bridgehead atoms. The van der Waals surface area contributed by atoms with Gasteiger partial charge >= 0.3 is 0 Å². The average molecular weight is 433 g/mol. The van der Waals surface area contributed by atoms with Gasteiger partial charge in [-0.15, -0.1) is 0 Å². The standard InChI is InChI=1S/C22H28N2O5S/c1-5-30(26,27)24(2)19-14-21(29-4)20(28-3)13-17(19)22(25)23-18-12-8-10-15-9-6-7-11-16(15)18/h6-7,9,11,13-14,18H,5,8,10,12H2,1-4H3,(H,23,25)/t18-/m0/s1. The molecule has 0 radical (unpaired) electrons. The molecule has 1 atom stereocenters. The smallest absolute Gasteiger partial charge is 0.254 e. The fourth-order valence-corrected chi connectivity index (χ4v) is 4.63. The number of rotatable bonds is 7. The second-order valence-electron chi connectivity index (χ2n) is 7.21. The van der Waals surface area contributed by atoms with Crippen LogP contribution >= 0.6 is 0 Å². The molecule has 0 spiro atoms. The van der Waals surface area contributed by atoms with Gasteiger partial charge in [0, 0.05) is 13.1 Å². The number of carbonyl (C=O) groups is 1. The molecule has 0 aliphatic heterocycles. The lowest BCUT2D eigenvalue weighted by Crippen LogP contribution is -2.34. The molecule has 3 rings (SSSR count). The Morgan fingerprint density at radius 3 is 2.50 bits per heavy atom. The van der Waals surface area contributed by atoms with Crippen molar-refractivity contribution in [1.82, 2.24) is 5.32 Å². The van der Waals surface area contributed by atoms with Crippen molar-refractivity contribution in [2.45, 2.75) is 32.2 Å². The second-order valence-corrected chi connectivity index (χ2v) is 9.50. The third-order valence-electron chi connectivity index (χ3n) is 5.54. The molecule has 1 N–H and O–H groups in total. The number of nitrogens with one attached hydrogen (secondary N) is 1. The SMILES string of the molecule is CCS(=O)(=O)N(C)c1cc(OC)c(OC)cc1C(=O)N[C@H]1CCCc2ccccc21. The van der Waals surface area contributed by atoms with Crippen molar-refractivity contribution in [2.24, 2.45) is 0 Å². The number of amides is 1. The summed E-state index contributed by atoms with van der Waals surface area (Å²) in [6.07, 6.45) is 2.79. The van der Waals surface area contributed by atoms with Crippen LogP contribution in [0.15, 0.2) is 36.4 Å². The first kappa shape index (κ1) is 22.0. The van der Waals surface area contributed by atoms with Crippen LogP contribution in [-0.2, 0) is 16.4 Å². The van der Waals surface area contributed by atoms with Crippen LogP contribution in [-0.4, -0.2) is 41.3 Å². The van der Waals surface area contributed by atoms with Crippen LogP contribution in [0, 0.1) is 0 Å². The molecule has 1 aliphatic carbocycles. The number of benzene rings is 2. The largest absolute Gasteiger partial charge is 0.493 e. The summed E-state index contributed by atoms with van der Waals surface area (Å²) < 4.78 is 36.8. The first-order valence-corrected chi connectivity index (χ1v) is 11.5. The van der Waals surface area contributed by atoms with E-state index >= 15 is 0 Å². The Morgan fingerprint density at radius 1 is 1.17 bits per heavy atom.